The van der Waals surface area contributed by atoms with E-state index in [1.54, 1.807) is 0 Å². The zero-order chi connectivity index (χ0) is 26.1. The van der Waals surface area contributed by atoms with E-state index in [9.17, 15) is 20.4 Å². The average Bonchev–Trinajstić information content (AvgIpc) is 3.18. The minimum Gasteiger partial charge on any atom is -0.393 e. The summed E-state index contributed by atoms with van der Waals surface area (Å²) >= 11 is 0. The van der Waals surface area contributed by atoms with Crippen LogP contribution in [0.25, 0.3) is 0 Å². The summed E-state index contributed by atoms with van der Waals surface area (Å²) in [6.45, 7) is 15.0. The third-order valence-electron chi connectivity index (χ3n) is 14.0. The molecule has 4 N–H and O–H groups in total. The molecular formula is C30H48O6. The normalized spacial score (nSPS) is 64.6. The lowest BCUT2D eigenvalue weighted by atomic mass is 9.40. The van der Waals surface area contributed by atoms with Gasteiger partial charge in [-0.25, -0.2) is 0 Å². The van der Waals surface area contributed by atoms with Crippen LogP contribution in [-0.4, -0.2) is 62.3 Å². The van der Waals surface area contributed by atoms with Gasteiger partial charge in [0.15, 0.2) is 5.79 Å². The maximum absolute atomic E-state index is 12.0. The second-order valence-electron chi connectivity index (χ2n) is 16.2. The number of ether oxygens (including phenoxy) is 2. The molecule has 7 rings (SSSR count). The van der Waals surface area contributed by atoms with Gasteiger partial charge >= 0.3 is 0 Å². The molecule has 0 amide bonds. The second kappa shape index (κ2) is 6.55. The number of aliphatic hydroxyl groups is 4. The van der Waals surface area contributed by atoms with Gasteiger partial charge in [0.05, 0.1) is 30.0 Å². The molecule has 2 saturated heterocycles. The van der Waals surface area contributed by atoms with Gasteiger partial charge in [-0.2, -0.15) is 0 Å². The summed E-state index contributed by atoms with van der Waals surface area (Å²) in [4.78, 5) is 0. The van der Waals surface area contributed by atoms with Crippen LogP contribution in [0.3, 0.4) is 0 Å². The van der Waals surface area contributed by atoms with Gasteiger partial charge in [-0.3, -0.25) is 0 Å². The Kier molecular flexibility index (Phi) is 4.51. The number of hydrogen-bond donors (Lipinski definition) is 4. The van der Waals surface area contributed by atoms with E-state index in [0.717, 1.165) is 38.5 Å². The van der Waals surface area contributed by atoms with Crippen molar-refractivity contribution >= 4 is 0 Å². The van der Waals surface area contributed by atoms with Crippen molar-refractivity contribution in [2.75, 3.05) is 0 Å². The fraction of sp³-hybridized carbons (Fsp3) is 1.00. The monoisotopic (exact) mass is 504 g/mol. The van der Waals surface area contributed by atoms with Crippen molar-refractivity contribution in [3.63, 3.8) is 0 Å². The number of fused-ring (bicyclic) bond motifs is 4. The van der Waals surface area contributed by atoms with Crippen molar-refractivity contribution in [3.8, 4) is 0 Å². The number of hydrogen-bond acceptors (Lipinski definition) is 6. The smallest absolute Gasteiger partial charge is 0.173 e. The Hall–Kier alpha value is -0.240. The molecule has 14 atom stereocenters. The van der Waals surface area contributed by atoms with Crippen LogP contribution in [0.2, 0.25) is 0 Å². The van der Waals surface area contributed by atoms with Crippen LogP contribution in [-0.2, 0) is 9.47 Å². The minimum atomic E-state index is -0.984. The summed E-state index contributed by atoms with van der Waals surface area (Å²) in [5, 5.41) is 45.7. The molecule has 14 unspecified atom stereocenters. The zero-order valence-electron chi connectivity index (χ0n) is 23.3. The van der Waals surface area contributed by atoms with Gasteiger partial charge in [-0.1, -0.05) is 34.6 Å². The lowest BCUT2D eigenvalue weighted by Crippen LogP contribution is -2.66. The standard InChI is InChI=1S/C30H48O6/c1-15-12-16-23(25(4,5)34)36-30(35-16)13-27(7)22-19(33)18(32)21-24(2,3)17(31)8-9-28(21)14-29(22,28)11-10-26(27,6)20(15)30/h15-23,31-34H,8-14H2,1-7H3. The van der Waals surface area contributed by atoms with E-state index >= 15 is 0 Å². The highest BCUT2D eigenvalue weighted by molar-refractivity contribution is 5.35. The van der Waals surface area contributed by atoms with E-state index < -0.39 is 35.1 Å². The highest BCUT2D eigenvalue weighted by atomic mass is 16.8. The van der Waals surface area contributed by atoms with Gasteiger partial charge in [0.25, 0.3) is 0 Å². The van der Waals surface area contributed by atoms with Gasteiger partial charge in [-0.15, -0.1) is 0 Å². The first kappa shape index (κ1) is 24.8. The maximum atomic E-state index is 12.0. The minimum absolute atomic E-state index is 0.00299. The molecule has 0 aromatic carbocycles. The molecule has 2 heterocycles. The molecular weight excluding hydrogens is 456 g/mol. The Morgan fingerprint density at radius 3 is 2.08 bits per heavy atom. The first-order valence-corrected chi connectivity index (χ1v) is 14.6. The first-order chi connectivity index (χ1) is 16.5. The third-order valence-corrected chi connectivity index (χ3v) is 14.0. The van der Waals surface area contributed by atoms with E-state index in [0.29, 0.717) is 12.3 Å². The quantitative estimate of drug-likeness (QED) is 0.435. The summed E-state index contributed by atoms with van der Waals surface area (Å²) in [7, 11) is 0. The first-order valence-electron chi connectivity index (χ1n) is 14.6. The van der Waals surface area contributed by atoms with E-state index in [1.165, 1.54) is 0 Å². The van der Waals surface area contributed by atoms with Gasteiger partial charge in [0.2, 0.25) is 0 Å². The van der Waals surface area contributed by atoms with E-state index in [-0.39, 0.29) is 51.6 Å². The summed E-state index contributed by atoms with van der Waals surface area (Å²) in [5.41, 5.74) is -1.76. The lowest BCUT2D eigenvalue weighted by Gasteiger charge is -2.65. The van der Waals surface area contributed by atoms with Crippen LogP contribution in [0, 0.1) is 50.7 Å². The highest BCUT2D eigenvalue weighted by Crippen LogP contribution is 2.90. The Bertz CT molecular complexity index is 990. The van der Waals surface area contributed by atoms with Gasteiger partial charge in [-0.05, 0) is 91.3 Å². The molecule has 0 aromatic rings. The third kappa shape index (κ3) is 2.40. The molecule has 5 saturated carbocycles. The molecule has 0 aromatic heterocycles. The Labute approximate surface area is 216 Å². The predicted octanol–water partition coefficient (Wildman–Crippen LogP) is 3.63. The molecule has 5 aliphatic carbocycles. The van der Waals surface area contributed by atoms with Crippen LogP contribution in [0.15, 0.2) is 0 Å². The molecule has 0 radical (unpaired) electrons. The Morgan fingerprint density at radius 2 is 1.42 bits per heavy atom. The number of aliphatic hydroxyl groups excluding tert-OH is 3. The molecule has 2 aliphatic heterocycles. The van der Waals surface area contributed by atoms with Crippen molar-refractivity contribution in [1.29, 1.82) is 0 Å². The topological polar surface area (TPSA) is 99.4 Å². The summed E-state index contributed by atoms with van der Waals surface area (Å²) in [6, 6.07) is 0. The van der Waals surface area contributed by atoms with Crippen LogP contribution in [0.4, 0.5) is 0 Å². The maximum Gasteiger partial charge on any atom is 0.173 e. The van der Waals surface area contributed by atoms with Crippen LogP contribution in [0.5, 0.6) is 0 Å². The van der Waals surface area contributed by atoms with Crippen molar-refractivity contribution in [1.82, 2.24) is 0 Å². The average molecular weight is 505 g/mol. The van der Waals surface area contributed by atoms with Crippen molar-refractivity contribution in [2.45, 2.75) is 135 Å². The van der Waals surface area contributed by atoms with Crippen molar-refractivity contribution in [3.05, 3.63) is 0 Å². The predicted molar refractivity (Wildman–Crippen MR) is 134 cm³/mol. The van der Waals surface area contributed by atoms with Crippen LogP contribution >= 0.6 is 0 Å². The molecule has 7 fully saturated rings. The Balaban J connectivity index is 1.34. The summed E-state index contributed by atoms with van der Waals surface area (Å²) < 4.78 is 13.7. The van der Waals surface area contributed by atoms with Gasteiger partial charge in [0, 0.05) is 18.3 Å². The van der Waals surface area contributed by atoms with Crippen LogP contribution in [0.1, 0.15) is 93.4 Å². The van der Waals surface area contributed by atoms with E-state index in [2.05, 4.69) is 34.6 Å². The van der Waals surface area contributed by atoms with Crippen molar-refractivity contribution in [2.24, 2.45) is 50.7 Å². The fourth-order valence-electron chi connectivity index (χ4n) is 12.8. The second-order valence-corrected chi connectivity index (χ2v) is 16.2. The van der Waals surface area contributed by atoms with E-state index in [1.807, 2.05) is 13.8 Å². The van der Waals surface area contributed by atoms with Crippen molar-refractivity contribution < 1.29 is 29.9 Å². The van der Waals surface area contributed by atoms with E-state index in [4.69, 9.17) is 9.47 Å². The Morgan fingerprint density at radius 1 is 0.778 bits per heavy atom. The fourth-order valence-corrected chi connectivity index (χ4v) is 12.8. The summed E-state index contributed by atoms with van der Waals surface area (Å²) in [6.07, 6.45) is 3.91. The van der Waals surface area contributed by atoms with Gasteiger partial charge in [0.1, 0.15) is 6.10 Å². The molecule has 7 aliphatic rings. The molecule has 36 heavy (non-hydrogen) atoms. The summed E-state index contributed by atoms with van der Waals surface area (Å²) in [5.74, 6) is -0.269. The molecule has 6 heteroatoms. The molecule has 3 spiro atoms. The molecule has 2 bridgehead atoms. The zero-order valence-corrected chi connectivity index (χ0v) is 23.3. The SMILES string of the molecule is CC1CC2OC3(CC4(C)C5C(O)C(O)C6C(C)(C)C(O)CCC67CC57CCC4(C)C13)OC2C(C)(C)O. The van der Waals surface area contributed by atoms with Crippen LogP contribution < -0.4 is 0 Å². The number of rotatable bonds is 1. The lowest BCUT2D eigenvalue weighted by molar-refractivity contribution is -0.248. The van der Waals surface area contributed by atoms with Gasteiger partial charge < -0.3 is 29.9 Å². The largest absolute Gasteiger partial charge is 0.393 e. The molecule has 204 valence electrons. The molecule has 6 nitrogen and oxygen atoms in total. The highest BCUT2D eigenvalue weighted by Gasteiger charge is 2.88.